The van der Waals surface area contributed by atoms with Crippen LogP contribution in [0.5, 0.6) is 0 Å². The molecule has 3 N–H and O–H groups in total. The van der Waals surface area contributed by atoms with Crippen molar-refractivity contribution in [2.45, 2.75) is 32.4 Å². The van der Waals surface area contributed by atoms with Crippen molar-refractivity contribution >= 4 is 0 Å². The van der Waals surface area contributed by atoms with Gasteiger partial charge >= 0.3 is 0 Å². The molecule has 0 bridgehead atoms. The molecule has 2 rings (SSSR count). The van der Waals surface area contributed by atoms with Crippen LogP contribution in [0.1, 0.15) is 24.0 Å². The summed E-state index contributed by atoms with van der Waals surface area (Å²) in [4.78, 5) is 8.93. The Bertz CT molecular complexity index is 513. The Balaban J connectivity index is 1.83. The van der Waals surface area contributed by atoms with Crippen LogP contribution >= 0.6 is 0 Å². The highest BCUT2D eigenvalue weighted by molar-refractivity contribution is 5.12. The third-order valence-corrected chi connectivity index (χ3v) is 3.14. The first-order chi connectivity index (χ1) is 9.78. The lowest BCUT2D eigenvalue weighted by Gasteiger charge is -2.13. The molecule has 2 heterocycles. The second kappa shape index (κ2) is 7.72. The molecule has 0 amide bonds. The summed E-state index contributed by atoms with van der Waals surface area (Å²) in [5, 5.41) is 3.48. The predicted octanol–water partition coefficient (Wildman–Crippen LogP) is 1.70. The SMILES string of the molecule is CC(Cc1ccccn1)NCc1cccc(CCN)n1. The summed E-state index contributed by atoms with van der Waals surface area (Å²) in [6.45, 7) is 3.57. The highest BCUT2D eigenvalue weighted by Crippen LogP contribution is 2.02. The molecule has 1 atom stereocenters. The summed E-state index contributed by atoms with van der Waals surface area (Å²) in [5.74, 6) is 0. The fourth-order valence-corrected chi connectivity index (χ4v) is 2.10. The van der Waals surface area contributed by atoms with Crippen LogP contribution in [0.2, 0.25) is 0 Å². The van der Waals surface area contributed by atoms with Gasteiger partial charge in [-0.2, -0.15) is 0 Å². The molecular formula is C16H22N4. The zero-order valence-electron chi connectivity index (χ0n) is 11.9. The lowest BCUT2D eigenvalue weighted by Crippen LogP contribution is -2.28. The molecule has 0 aromatic carbocycles. The fourth-order valence-electron chi connectivity index (χ4n) is 2.10. The number of hydrogen-bond donors (Lipinski definition) is 2. The molecule has 1 unspecified atom stereocenters. The summed E-state index contributed by atoms with van der Waals surface area (Å²) >= 11 is 0. The molecule has 4 nitrogen and oxygen atoms in total. The summed E-state index contributed by atoms with van der Waals surface area (Å²) in [6, 6.07) is 12.5. The van der Waals surface area contributed by atoms with Gasteiger partial charge in [0, 0.05) is 43.0 Å². The molecule has 0 saturated carbocycles. The molecular weight excluding hydrogens is 248 g/mol. The lowest BCUT2D eigenvalue weighted by molar-refractivity contribution is 0.534. The number of hydrogen-bond acceptors (Lipinski definition) is 4. The quantitative estimate of drug-likeness (QED) is 0.804. The van der Waals surface area contributed by atoms with E-state index in [9.17, 15) is 0 Å². The van der Waals surface area contributed by atoms with Gasteiger partial charge in [-0.3, -0.25) is 9.97 Å². The Labute approximate surface area is 120 Å². The monoisotopic (exact) mass is 270 g/mol. The highest BCUT2D eigenvalue weighted by Gasteiger charge is 2.05. The van der Waals surface area contributed by atoms with Crippen LogP contribution in [0.25, 0.3) is 0 Å². The van der Waals surface area contributed by atoms with Crippen LogP contribution in [0.4, 0.5) is 0 Å². The van der Waals surface area contributed by atoms with Gasteiger partial charge in [0.1, 0.15) is 0 Å². The molecule has 106 valence electrons. The van der Waals surface area contributed by atoms with E-state index in [4.69, 9.17) is 5.73 Å². The van der Waals surface area contributed by atoms with Gasteiger partial charge in [0.05, 0.1) is 5.69 Å². The minimum Gasteiger partial charge on any atom is -0.330 e. The number of nitrogens with two attached hydrogens (primary N) is 1. The average molecular weight is 270 g/mol. The maximum atomic E-state index is 5.56. The van der Waals surface area contributed by atoms with Crippen LogP contribution in [-0.4, -0.2) is 22.6 Å². The van der Waals surface area contributed by atoms with Crippen LogP contribution in [0, 0.1) is 0 Å². The van der Waals surface area contributed by atoms with Crippen molar-refractivity contribution < 1.29 is 0 Å². The molecule has 0 spiro atoms. The van der Waals surface area contributed by atoms with Gasteiger partial charge in [-0.05, 0) is 37.7 Å². The Morgan fingerprint density at radius 2 is 1.90 bits per heavy atom. The second-order valence-electron chi connectivity index (χ2n) is 4.97. The second-order valence-corrected chi connectivity index (χ2v) is 4.97. The van der Waals surface area contributed by atoms with E-state index in [1.807, 2.05) is 36.5 Å². The molecule has 0 aliphatic heterocycles. The molecule has 0 saturated heterocycles. The smallest absolute Gasteiger partial charge is 0.0545 e. The zero-order valence-corrected chi connectivity index (χ0v) is 11.9. The predicted molar refractivity (Wildman–Crippen MR) is 81.2 cm³/mol. The highest BCUT2D eigenvalue weighted by atomic mass is 14.9. The number of nitrogens with zero attached hydrogens (tertiary/aromatic N) is 2. The minimum atomic E-state index is 0.366. The Morgan fingerprint density at radius 3 is 2.65 bits per heavy atom. The fraction of sp³-hybridized carbons (Fsp3) is 0.375. The van der Waals surface area contributed by atoms with Gasteiger partial charge < -0.3 is 11.1 Å². The van der Waals surface area contributed by atoms with Crippen molar-refractivity contribution in [1.82, 2.24) is 15.3 Å². The van der Waals surface area contributed by atoms with Crippen molar-refractivity contribution in [1.29, 1.82) is 0 Å². The third kappa shape index (κ3) is 4.72. The molecule has 2 aromatic heterocycles. The third-order valence-electron chi connectivity index (χ3n) is 3.14. The molecule has 0 aliphatic carbocycles. The summed E-state index contributed by atoms with van der Waals surface area (Å²) in [7, 11) is 0. The van der Waals surface area contributed by atoms with Gasteiger partial charge in [-0.1, -0.05) is 12.1 Å². The van der Waals surface area contributed by atoms with Crippen molar-refractivity contribution in [2.24, 2.45) is 5.73 Å². The van der Waals surface area contributed by atoms with Gasteiger partial charge in [-0.15, -0.1) is 0 Å². The normalized spacial score (nSPS) is 12.3. The summed E-state index contributed by atoms with van der Waals surface area (Å²) in [5.41, 5.74) is 8.78. The largest absolute Gasteiger partial charge is 0.330 e. The van der Waals surface area contributed by atoms with Gasteiger partial charge in [0.15, 0.2) is 0 Å². The Kier molecular flexibility index (Phi) is 5.65. The first-order valence-corrected chi connectivity index (χ1v) is 7.06. The first-order valence-electron chi connectivity index (χ1n) is 7.06. The van der Waals surface area contributed by atoms with Crippen molar-refractivity contribution in [2.75, 3.05) is 6.54 Å². The molecule has 2 aromatic rings. The van der Waals surface area contributed by atoms with Crippen LogP contribution in [0.3, 0.4) is 0 Å². The zero-order chi connectivity index (χ0) is 14.2. The van der Waals surface area contributed by atoms with Crippen molar-refractivity contribution in [3.8, 4) is 0 Å². The molecule has 20 heavy (non-hydrogen) atoms. The summed E-state index contributed by atoms with van der Waals surface area (Å²) < 4.78 is 0. The van der Waals surface area contributed by atoms with Crippen LogP contribution in [0.15, 0.2) is 42.6 Å². The average Bonchev–Trinajstić information content (AvgIpc) is 2.47. The molecule has 0 aliphatic rings. The number of aromatic nitrogens is 2. The summed E-state index contributed by atoms with van der Waals surface area (Å²) in [6.07, 6.45) is 3.58. The number of pyridine rings is 2. The minimum absolute atomic E-state index is 0.366. The van der Waals surface area contributed by atoms with E-state index >= 15 is 0 Å². The molecule has 0 radical (unpaired) electrons. The van der Waals surface area contributed by atoms with Crippen molar-refractivity contribution in [3.63, 3.8) is 0 Å². The number of rotatable bonds is 7. The molecule has 4 heteroatoms. The van der Waals surface area contributed by atoms with E-state index in [0.717, 1.165) is 36.5 Å². The topological polar surface area (TPSA) is 63.8 Å². The van der Waals surface area contributed by atoms with E-state index in [-0.39, 0.29) is 0 Å². The Morgan fingerprint density at radius 1 is 1.10 bits per heavy atom. The van der Waals surface area contributed by atoms with Crippen molar-refractivity contribution in [3.05, 3.63) is 59.7 Å². The van der Waals surface area contributed by atoms with Gasteiger partial charge in [0.2, 0.25) is 0 Å². The molecule has 0 fully saturated rings. The van der Waals surface area contributed by atoms with Crippen LogP contribution in [-0.2, 0) is 19.4 Å². The van der Waals surface area contributed by atoms with E-state index in [1.54, 1.807) is 0 Å². The maximum absolute atomic E-state index is 5.56. The van der Waals surface area contributed by atoms with E-state index in [2.05, 4.69) is 28.3 Å². The van der Waals surface area contributed by atoms with Crippen LogP contribution < -0.4 is 11.1 Å². The van der Waals surface area contributed by atoms with E-state index in [1.165, 1.54) is 0 Å². The Hall–Kier alpha value is -1.78. The van der Waals surface area contributed by atoms with Gasteiger partial charge in [0.25, 0.3) is 0 Å². The van der Waals surface area contributed by atoms with Gasteiger partial charge in [-0.25, -0.2) is 0 Å². The van der Waals surface area contributed by atoms with E-state index in [0.29, 0.717) is 12.6 Å². The van der Waals surface area contributed by atoms with E-state index < -0.39 is 0 Å². The maximum Gasteiger partial charge on any atom is 0.0545 e. The number of nitrogens with one attached hydrogen (secondary N) is 1. The lowest BCUT2D eigenvalue weighted by atomic mass is 10.1. The first kappa shape index (κ1) is 14.6. The standard InChI is InChI=1S/C16H22N4/c1-13(11-15-5-2-3-10-18-15)19-12-16-7-4-6-14(20-16)8-9-17/h2-7,10,13,19H,8-9,11-12,17H2,1H3.